The highest BCUT2D eigenvalue weighted by Crippen LogP contribution is 2.36. The molecule has 0 bridgehead atoms. The summed E-state index contributed by atoms with van der Waals surface area (Å²) in [6.07, 6.45) is 9.53. The van der Waals surface area contributed by atoms with Crippen LogP contribution in [0.15, 0.2) is 12.3 Å². The first-order valence-electron chi connectivity index (χ1n) is 6.81. The molecule has 1 heterocycles. The van der Waals surface area contributed by atoms with E-state index >= 15 is 0 Å². The number of rotatable bonds is 4. The lowest BCUT2D eigenvalue weighted by Crippen LogP contribution is -2.27. The van der Waals surface area contributed by atoms with E-state index in [9.17, 15) is 0 Å². The zero-order valence-electron chi connectivity index (χ0n) is 10.9. The second-order valence-electron chi connectivity index (χ2n) is 5.43. The lowest BCUT2D eigenvalue weighted by atomic mass is 9.77. The van der Waals surface area contributed by atoms with Crippen LogP contribution in [-0.2, 0) is 13.5 Å². The molecule has 1 fully saturated rings. The normalized spacial score (nSPS) is 29.5. The average molecular weight is 255 g/mol. The molecule has 2 rings (SSSR count). The summed E-state index contributed by atoms with van der Waals surface area (Å²) in [4.78, 5) is 0. The molecule has 1 aromatic rings. The maximum atomic E-state index is 6.47. The standard InChI is InChI=1S/C14H23ClN2/c1-3-4-11-5-6-14(15)12(9-11)10-13-7-8-17(2)16-13/h7-8,11-12,14H,3-6,9-10H2,1-2H3. The molecule has 0 radical (unpaired) electrons. The SMILES string of the molecule is CCCC1CCC(Cl)C(Cc2ccn(C)n2)C1. The van der Waals surface area contributed by atoms with Gasteiger partial charge in [-0.2, -0.15) is 5.10 Å². The molecule has 3 unspecified atom stereocenters. The zero-order valence-corrected chi connectivity index (χ0v) is 11.7. The third kappa shape index (κ3) is 3.48. The van der Waals surface area contributed by atoms with Gasteiger partial charge in [-0.05, 0) is 43.6 Å². The number of halogens is 1. The van der Waals surface area contributed by atoms with Crippen molar-refractivity contribution in [3.05, 3.63) is 18.0 Å². The van der Waals surface area contributed by atoms with Gasteiger partial charge in [0.05, 0.1) is 5.69 Å². The van der Waals surface area contributed by atoms with Crippen molar-refractivity contribution in [1.29, 1.82) is 0 Å². The van der Waals surface area contributed by atoms with Crippen molar-refractivity contribution in [2.75, 3.05) is 0 Å². The second kappa shape index (κ2) is 5.90. The molecule has 0 aromatic carbocycles. The van der Waals surface area contributed by atoms with Crippen molar-refractivity contribution in [3.63, 3.8) is 0 Å². The average Bonchev–Trinajstić information content (AvgIpc) is 2.69. The molecule has 1 aliphatic carbocycles. The van der Waals surface area contributed by atoms with Gasteiger partial charge in [0, 0.05) is 18.6 Å². The third-order valence-corrected chi connectivity index (χ3v) is 4.51. The van der Waals surface area contributed by atoms with Gasteiger partial charge in [-0.25, -0.2) is 0 Å². The summed E-state index contributed by atoms with van der Waals surface area (Å²) in [5.74, 6) is 1.51. The molecule has 96 valence electrons. The van der Waals surface area contributed by atoms with Gasteiger partial charge in [0.25, 0.3) is 0 Å². The van der Waals surface area contributed by atoms with E-state index in [-0.39, 0.29) is 0 Å². The molecular formula is C14H23ClN2. The van der Waals surface area contributed by atoms with E-state index in [4.69, 9.17) is 11.6 Å². The summed E-state index contributed by atoms with van der Waals surface area (Å²) in [5.41, 5.74) is 1.19. The Morgan fingerprint density at radius 3 is 2.94 bits per heavy atom. The quantitative estimate of drug-likeness (QED) is 0.748. The van der Waals surface area contributed by atoms with E-state index < -0.39 is 0 Å². The van der Waals surface area contributed by atoms with Crippen molar-refractivity contribution in [2.45, 2.75) is 50.8 Å². The smallest absolute Gasteiger partial charge is 0.0627 e. The molecule has 17 heavy (non-hydrogen) atoms. The lowest BCUT2D eigenvalue weighted by molar-refractivity contribution is 0.256. The van der Waals surface area contributed by atoms with Crippen molar-refractivity contribution in [2.24, 2.45) is 18.9 Å². The first-order chi connectivity index (χ1) is 8.19. The predicted molar refractivity (Wildman–Crippen MR) is 72.3 cm³/mol. The van der Waals surface area contributed by atoms with Crippen LogP contribution < -0.4 is 0 Å². The molecule has 0 aliphatic heterocycles. The van der Waals surface area contributed by atoms with Crippen LogP contribution in [0.4, 0.5) is 0 Å². The van der Waals surface area contributed by atoms with Crippen LogP contribution >= 0.6 is 11.6 Å². The number of hydrogen-bond donors (Lipinski definition) is 0. The fourth-order valence-electron chi connectivity index (χ4n) is 3.05. The maximum Gasteiger partial charge on any atom is 0.0627 e. The maximum absolute atomic E-state index is 6.47. The number of hydrogen-bond acceptors (Lipinski definition) is 1. The number of aryl methyl sites for hydroxylation is 1. The Kier molecular flexibility index (Phi) is 4.49. The highest BCUT2D eigenvalue weighted by molar-refractivity contribution is 6.20. The molecule has 0 saturated heterocycles. The number of alkyl halides is 1. The van der Waals surface area contributed by atoms with E-state index in [0.29, 0.717) is 11.3 Å². The number of nitrogens with zero attached hydrogens (tertiary/aromatic N) is 2. The van der Waals surface area contributed by atoms with E-state index in [2.05, 4.69) is 18.1 Å². The van der Waals surface area contributed by atoms with Gasteiger partial charge in [0.2, 0.25) is 0 Å². The topological polar surface area (TPSA) is 17.8 Å². The summed E-state index contributed by atoms with van der Waals surface area (Å²) < 4.78 is 1.88. The van der Waals surface area contributed by atoms with E-state index in [1.807, 2.05) is 17.9 Å². The molecular weight excluding hydrogens is 232 g/mol. The van der Waals surface area contributed by atoms with Gasteiger partial charge >= 0.3 is 0 Å². The minimum Gasteiger partial charge on any atom is -0.276 e. The fourth-order valence-corrected chi connectivity index (χ4v) is 3.36. The Morgan fingerprint density at radius 2 is 2.29 bits per heavy atom. The summed E-state index contributed by atoms with van der Waals surface area (Å²) in [6.45, 7) is 2.28. The van der Waals surface area contributed by atoms with Crippen molar-refractivity contribution in [3.8, 4) is 0 Å². The molecule has 1 aliphatic rings. The Bertz CT molecular complexity index is 348. The summed E-state index contributed by atoms with van der Waals surface area (Å²) in [6, 6.07) is 2.12. The highest BCUT2D eigenvalue weighted by Gasteiger charge is 2.29. The molecule has 0 N–H and O–H groups in total. The molecule has 2 nitrogen and oxygen atoms in total. The van der Waals surface area contributed by atoms with Crippen molar-refractivity contribution < 1.29 is 0 Å². The van der Waals surface area contributed by atoms with Gasteiger partial charge in [0.15, 0.2) is 0 Å². The van der Waals surface area contributed by atoms with Gasteiger partial charge in [-0.15, -0.1) is 11.6 Å². The summed E-state index contributed by atoms with van der Waals surface area (Å²) in [7, 11) is 1.97. The van der Waals surface area contributed by atoms with Crippen molar-refractivity contribution >= 4 is 11.6 Å². The van der Waals surface area contributed by atoms with E-state index in [1.165, 1.54) is 37.8 Å². The third-order valence-electron chi connectivity index (χ3n) is 3.94. The van der Waals surface area contributed by atoms with Crippen LogP contribution in [-0.4, -0.2) is 15.2 Å². The summed E-state index contributed by atoms with van der Waals surface area (Å²) >= 11 is 6.47. The molecule has 1 aromatic heterocycles. The predicted octanol–water partition coefficient (Wildman–Crippen LogP) is 3.79. The fraction of sp³-hybridized carbons (Fsp3) is 0.786. The van der Waals surface area contributed by atoms with Crippen LogP contribution in [0, 0.1) is 11.8 Å². The monoisotopic (exact) mass is 254 g/mol. The van der Waals surface area contributed by atoms with Crippen molar-refractivity contribution in [1.82, 2.24) is 9.78 Å². The first kappa shape index (κ1) is 12.9. The van der Waals surface area contributed by atoms with Gasteiger partial charge < -0.3 is 0 Å². The Balaban J connectivity index is 1.93. The first-order valence-corrected chi connectivity index (χ1v) is 7.25. The van der Waals surface area contributed by atoms with Gasteiger partial charge in [0.1, 0.15) is 0 Å². The summed E-state index contributed by atoms with van der Waals surface area (Å²) in [5, 5.41) is 4.82. The minimum atomic E-state index is 0.352. The minimum absolute atomic E-state index is 0.352. The molecule has 3 heteroatoms. The second-order valence-corrected chi connectivity index (χ2v) is 5.99. The van der Waals surface area contributed by atoms with Crippen LogP contribution in [0.5, 0.6) is 0 Å². The number of aromatic nitrogens is 2. The van der Waals surface area contributed by atoms with Crippen LogP contribution in [0.3, 0.4) is 0 Å². The Labute approximate surface area is 109 Å². The molecule has 1 saturated carbocycles. The van der Waals surface area contributed by atoms with Crippen LogP contribution in [0.25, 0.3) is 0 Å². The zero-order chi connectivity index (χ0) is 12.3. The highest BCUT2D eigenvalue weighted by atomic mass is 35.5. The van der Waals surface area contributed by atoms with Gasteiger partial charge in [-0.1, -0.05) is 19.8 Å². The molecule has 0 spiro atoms. The van der Waals surface area contributed by atoms with E-state index in [0.717, 1.165) is 12.3 Å². The molecule has 0 amide bonds. The van der Waals surface area contributed by atoms with Crippen LogP contribution in [0.2, 0.25) is 0 Å². The Morgan fingerprint density at radius 1 is 1.47 bits per heavy atom. The van der Waals surface area contributed by atoms with Crippen LogP contribution in [0.1, 0.15) is 44.7 Å². The lowest BCUT2D eigenvalue weighted by Gasteiger charge is -2.32. The van der Waals surface area contributed by atoms with E-state index in [1.54, 1.807) is 0 Å². The molecule has 3 atom stereocenters. The largest absolute Gasteiger partial charge is 0.276 e. The Hall–Kier alpha value is -0.500. The van der Waals surface area contributed by atoms with Gasteiger partial charge in [-0.3, -0.25) is 4.68 Å².